The minimum Gasteiger partial charge on any atom is -0.508 e. The van der Waals surface area contributed by atoms with Crippen LogP contribution in [0.3, 0.4) is 0 Å². The highest BCUT2D eigenvalue weighted by Gasteiger charge is 2.16. The Morgan fingerprint density at radius 3 is 2.59 bits per heavy atom. The fourth-order valence-corrected chi connectivity index (χ4v) is 3.84. The van der Waals surface area contributed by atoms with Gasteiger partial charge in [0.25, 0.3) is 0 Å². The number of aromatic amines is 2. The predicted octanol–water partition coefficient (Wildman–Crippen LogP) is 4.47. The van der Waals surface area contributed by atoms with Gasteiger partial charge in [-0.1, -0.05) is 0 Å². The second-order valence-electron chi connectivity index (χ2n) is 7.31. The van der Waals surface area contributed by atoms with E-state index in [4.69, 9.17) is 0 Å². The topological polar surface area (TPSA) is 116 Å². The van der Waals surface area contributed by atoms with Crippen molar-refractivity contribution in [3.05, 3.63) is 73.3 Å². The lowest BCUT2D eigenvalue weighted by molar-refractivity contribution is 0.469. The second kappa shape index (κ2) is 6.95. The summed E-state index contributed by atoms with van der Waals surface area (Å²) in [5.41, 5.74) is 5.59. The van der Waals surface area contributed by atoms with Crippen LogP contribution in [0.5, 0.6) is 5.75 Å². The van der Waals surface area contributed by atoms with E-state index in [9.17, 15) is 9.50 Å². The van der Waals surface area contributed by atoms with Crippen LogP contribution in [-0.2, 0) is 0 Å². The van der Waals surface area contributed by atoms with Gasteiger partial charge in [0, 0.05) is 52.8 Å². The van der Waals surface area contributed by atoms with Gasteiger partial charge in [-0.3, -0.25) is 20.1 Å². The number of nitrogens with one attached hydrogen (secondary N) is 2. The summed E-state index contributed by atoms with van der Waals surface area (Å²) in [7, 11) is 0. The summed E-state index contributed by atoms with van der Waals surface area (Å²) in [4.78, 5) is 20.5. The summed E-state index contributed by atoms with van der Waals surface area (Å²) < 4.78 is 13.9. The molecule has 0 radical (unpaired) electrons. The standard InChI is InChI=1S/C23H14FN7O/c24-14-3-12(4-15(32)6-14)18-9-26-11-21-16(18)7-19(29-21)22-17-5-13(8-28-23(17)31-30-22)20-10-25-1-2-27-20/h1-11,29,32H,(H,28,30,31). The number of fused-ring (bicyclic) bond motifs is 2. The quantitative estimate of drug-likeness (QED) is 0.387. The first-order valence-corrected chi connectivity index (χ1v) is 9.73. The smallest absolute Gasteiger partial charge is 0.155 e. The van der Waals surface area contributed by atoms with Crippen molar-refractivity contribution >= 4 is 21.9 Å². The molecule has 0 saturated carbocycles. The maximum Gasteiger partial charge on any atom is 0.155 e. The molecule has 6 rings (SSSR count). The Balaban J connectivity index is 1.52. The third-order valence-electron chi connectivity index (χ3n) is 5.27. The van der Waals surface area contributed by atoms with E-state index >= 15 is 0 Å². The Kier molecular flexibility index (Phi) is 3.94. The Morgan fingerprint density at radius 1 is 0.812 bits per heavy atom. The van der Waals surface area contributed by atoms with Crippen molar-refractivity contribution in [2.75, 3.05) is 0 Å². The number of nitrogens with zero attached hydrogens (tertiary/aromatic N) is 5. The highest BCUT2D eigenvalue weighted by Crippen LogP contribution is 2.35. The molecule has 154 valence electrons. The van der Waals surface area contributed by atoms with Crippen LogP contribution in [-0.4, -0.2) is 40.2 Å². The number of aromatic nitrogens is 7. The molecule has 5 heterocycles. The molecule has 0 bridgehead atoms. The third-order valence-corrected chi connectivity index (χ3v) is 5.27. The molecule has 0 aliphatic rings. The van der Waals surface area contributed by atoms with Crippen molar-refractivity contribution in [1.82, 2.24) is 35.1 Å². The maximum absolute atomic E-state index is 13.9. The van der Waals surface area contributed by atoms with Crippen molar-refractivity contribution in [2.45, 2.75) is 0 Å². The predicted molar refractivity (Wildman–Crippen MR) is 117 cm³/mol. The van der Waals surface area contributed by atoms with Crippen molar-refractivity contribution in [1.29, 1.82) is 0 Å². The zero-order valence-electron chi connectivity index (χ0n) is 16.4. The van der Waals surface area contributed by atoms with Crippen molar-refractivity contribution in [3.63, 3.8) is 0 Å². The molecule has 0 aliphatic carbocycles. The molecular weight excluding hydrogens is 409 g/mol. The van der Waals surface area contributed by atoms with Crippen LogP contribution in [0.2, 0.25) is 0 Å². The molecule has 9 heteroatoms. The molecule has 0 atom stereocenters. The number of hydrogen-bond acceptors (Lipinski definition) is 6. The van der Waals surface area contributed by atoms with E-state index in [1.807, 2.05) is 12.1 Å². The number of phenols is 1. The molecule has 1 aromatic carbocycles. The van der Waals surface area contributed by atoms with E-state index in [0.717, 1.165) is 33.6 Å². The highest BCUT2D eigenvalue weighted by molar-refractivity contribution is 6.00. The lowest BCUT2D eigenvalue weighted by atomic mass is 10.0. The van der Waals surface area contributed by atoms with E-state index in [2.05, 4.69) is 35.1 Å². The number of rotatable bonds is 3. The van der Waals surface area contributed by atoms with Crippen molar-refractivity contribution in [2.24, 2.45) is 0 Å². The van der Waals surface area contributed by atoms with Crippen LogP contribution >= 0.6 is 0 Å². The van der Waals surface area contributed by atoms with Gasteiger partial charge in [0.15, 0.2) is 5.65 Å². The van der Waals surface area contributed by atoms with Crippen molar-refractivity contribution in [3.8, 4) is 39.5 Å². The lowest BCUT2D eigenvalue weighted by Crippen LogP contribution is -1.86. The first kappa shape index (κ1) is 18.1. The van der Waals surface area contributed by atoms with Crippen LogP contribution in [0.1, 0.15) is 0 Å². The molecule has 6 aromatic rings. The zero-order chi connectivity index (χ0) is 21.7. The normalized spacial score (nSPS) is 11.4. The third kappa shape index (κ3) is 2.95. The van der Waals surface area contributed by atoms with Crippen molar-refractivity contribution < 1.29 is 9.50 Å². The number of phenolic OH excluding ortho intramolecular Hbond substituents is 1. The number of aromatic hydroxyl groups is 1. The van der Waals surface area contributed by atoms with Gasteiger partial charge in [-0.25, -0.2) is 9.37 Å². The number of H-pyrrole nitrogens is 2. The van der Waals surface area contributed by atoms with Gasteiger partial charge >= 0.3 is 0 Å². The van der Waals surface area contributed by atoms with Gasteiger partial charge in [-0.2, -0.15) is 5.10 Å². The molecule has 5 aromatic heterocycles. The summed E-state index contributed by atoms with van der Waals surface area (Å²) in [5.74, 6) is -0.664. The summed E-state index contributed by atoms with van der Waals surface area (Å²) in [6, 6.07) is 7.83. The molecule has 3 N–H and O–H groups in total. The van der Waals surface area contributed by atoms with E-state index in [-0.39, 0.29) is 5.75 Å². The SMILES string of the molecule is Oc1cc(F)cc(-c2cncc3[nH]c(-c4n[nH]c5ncc(-c6cnccn6)cc45)cc23)c1. The molecule has 0 unspecified atom stereocenters. The molecule has 0 spiro atoms. The molecule has 8 nitrogen and oxygen atoms in total. The minimum absolute atomic E-state index is 0.145. The van der Waals surface area contributed by atoms with Crippen LogP contribution < -0.4 is 0 Å². The van der Waals surface area contributed by atoms with Gasteiger partial charge in [0.1, 0.15) is 17.3 Å². The van der Waals surface area contributed by atoms with Crippen LogP contribution in [0.15, 0.2) is 67.5 Å². The Morgan fingerprint density at radius 2 is 1.75 bits per heavy atom. The number of benzene rings is 1. The summed E-state index contributed by atoms with van der Waals surface area (Å²) >= 11 is 0. The van der Waals surface area contributed by atoms with E-state index < -0.39 is 5.82 Å². The molecular formula is C23H14FN7O. The molecule has 0 fully saturated rings. The Hall–Kier alpha value is -4.66. The fraction of sp³-hybridized carbons (Fsp3) is 0. The number of halogens is 1. The van der Waals surface area contributed by atoms with Gasteiger partial charge in [-0.15, -0.1) is 0 Å². The molecule has 0 saturated heterocycles. The molecule has 0 aliphatic heterocycles. The summed E-state index contributed by atoms with van der Waals surface area (Å²) in [6.45, 7) is 0. The highest BCUT2D eigenvalue weighted by atomic mass is 19.1. The van der Waals surface area contributed by atoms with Gasteiger partial charge in [-0.05, 0) is 29.8 Å². The minimum atomic E-state index is -0.520. The fourth-order valence-electron chi connectivity index (χ4n) is 3.84. The largest absolute Gasteiger partial charge is 0.508 e. The van der Waals surface area contributed by atoms with E-state index in [0.29, 0.717) is 28.2 Å². The monoisotopic (exact) mass is 423 g/mol. The van der Waals surface area contributed by atoms with Gasteiger partial charge < -0.3 is 10.1 Å². The molecule has 0 amide bonds. The lowest BCUT2D eigenvalue weighted by Gasteiger charge is -2.04. The Labute approximate surface area is 179 Å². The number of hydrogen-bond donors (Lipinski definition) is 3. The maximum atomic E-state index is 13.9. The van der Waals surface area contributed by atoms with Crippen LogP contribution in [0.4, 0.5) is 4.39 Å². The van der Waals surface area contributed by atoms with E-state index in [1.165, 1.54) is 12.1 Å². The number of pyridine rings is 2. The second-order valence-corrected chi connectivity index (χ2v) is 7.31. The van der Waals surface area contributed by atoms with Gasteiger partial charge in [0.05, 0.1) is 29.3 Å². The average molecular weight is 423 g/mol. The summed E-state index contributed by atoms with van der Waals surface area (Å²) in [5, 5.41) is 18.9. The van der Waals surface area contributed by atoms with Crippen LogP contribution in [0, 0.1) is 5.82 Å². The molecule has 32 heavy (non-hydrogen) atoms. The average Bonchev–Trinajstić information content (AvgIpc) is 3.42. The summed E-state index contributed by atoms with van der Waals surface area (Å²) in [6.07, 6.45) is 9.99. The first-order chi connectivity index (χ1) is 15.7. The Bertz CT molecular complexity index is 1590. The van der Waals surface area contributed by atoms with Gasteiger partial charge in [0.2, 0.25) is 0 Å². The zero-order valence-corrected chi connectivity index (χ0v) is 16.4. The first-order valence-electron chi connectivity index (χ1n) is 9.73. The van der Waals surface area contributed by atoms with Crippen LogP contribution in [0.25, 0.3) is 55.7 Å². The van der Waals surface area contributed by atoms with E-state index in [1.54, 1.807) is 37.2 Å².